The molecule has 2 heterocycles. The van der Waals surface area contributed by atoms with Gasteiger partial charge in [-0.2, -0.15) is 25.3 Å². The summed E-state index contributed by atoms with van der Waals surface area (Å²) in [6, 6.07) is -6.31. The molecule has 542 valence electrons. The minimum atomic E-state index is -1.85. The number of hydrogen-bond donors (Lipinski definition) is 18. The maximum Gasteiger partial charge on any atom is 0.317 e. The molecule has 0 spiro atoms. The predicted molar refractivity (Wildman–Crippen MR) is 353 cm³/mol. The molecule has 0 unspecified atom stereocenters. The number of rotatable bonds is 40. The fourth-order valence-electron chi connectivity index (χ4n) is 10.5. The zero-order chi connectivity index (χ0) is 72.5. The summed E-state index contributed by atoms with van der Waals surface area (Å²) in [5.74, 6) is -16.1. The number of aliphatic carboxylic acids is 3. The highest BCUT2D eigenvalue weighted by molar-refractivity contribution is 7.80. The lowest BCUT2D eigenvalue weighted by Gasteiger charge is -2.33. The van der Waals surface area contributed by atoms with Gasteiger partial charge in [-0.1, -0.05) is 32.4 Å². The first-order valence-electron chi connectivity index (χ1n) is 31.7. The third kappa shape index (κ3) is 30.7. The molecule has 2 saturated heterocycles. The first-order valence-corrected chi connectivity index (χ1v) is 32.9. The van der Waals surface area contributed by atoms with Crippen molar-refractivity contribution in [1.29, 1.82) is 0 Å². The zero-order valence-corrected chi connectivity index (χ0v) is 56.2. The van der Waals surface area contributed by atoms with Crippen LogP contribution in [0.15, 0.2) is 24.3 Å². The number of likely N-dealkylation sites (tertiary alicyclic amines) is 1. The Morgan fingerprint density at radius 2 is 1.01 bits per heavy atom. The van der Waals surface area contributed by atoms with Gasteiger partial charge in [0.1, 0.15) is 54.1 Å². The molecular formula is C59H95N17O19S2. The van der Waals surface area contributed by atoms with Gasteiger partial charge in [-0.05, 0) is 68.7 Å². The quantitative estimate of drug-likeness (QED) is 0.0214. The van der Waals surface area contributed by atoms with E-state index in [1.807, 2.05) is 0 Å². The summed E-state index contributed by atoms with van der Waals surface area (Å²) in [5.41, 5.74) is 22.2. The number of primary amides is 3. The summed E-state index contributed by atoms with van der Waals surface area (Å²) >= 11 is 8.57. The molecular weight excluding hydrogens is 1310 g/mol. The van der Waals surface area contributed by atoms with Crippen molar-refractivity contribution >= 4 is 114 Å². The Bertz CT molecular complexity index is 2870. The van der Waals surface area contributed by atoms with Gasteiger partial charge in [-0.25, -0.2) is 0 Å². The average molecular weight is 1410 g/mol. The summed E-state index contributed by atoms with van der Waals surface area (Å²) in [5, 5.41) is 59.0. The first kappa shape index (κ1) is 82.8. The number of benzene rings is 1. The lowest BCUT2D eigenvalue weighted by Crippen LogP contribution is -2.61. The van der Waals surface area contributed by atoms with Gasteiger partial charge in [-0.3, -0.25) is 91.5 Å². The number of amides is 12. The summed E-state index contributed by atoms with van der Waals surface area (Å²) < 4.78 is 0. The number of phenolic OH excluding ortho intramolecular Hbond substituents is 1. The highest BCUT2D eigenvalue weighted by atomic mass is 32.1. The Balaban J connectivity index is 1.87. The highest BCUT2D eigenvalue weighted by Gasteiger charge is 2.41. The third-order valence-electron chi connectivity index (χ3n) is 16.0. The number of nitrogens with zero attached hydrogens (tertiary/aromatic N) is 5. The van der Waals surface area contributed by atoms with Gasteiger partial charge < -0.3 is 90.8 Å². The predicted octanol–water partition coefficient (Wildman–Crippen LogP) is -7.43. The molecule has 0 bridgehead atoms. The van der Waals surface area contributed by atoms with Crippen molar-refractivity contribution in [3.63, 3.8) is 0 Å². The van der Waals surface area contributed by atoms with Gasteiger partial charge in [-0.15, -0.1) is 0 Å². The fraction of sp³-hybridized carbons (Fsp3) is 0.644. The molecule has 1 aromatic rings. The molecule has 3 rings (SSSR count). The smallest absolute Gasteiger partial charge is 0.317 e. The number of thiol groups is 2. The molecule has 0 saturated carbocycles. The van der Waals surface area contributed by atoms with Crippen molar-refractivity contribution in [2.45, 2.75) is 126 Å². The Morgan fingerprint density at radius 1 is 0.536 bits per heavy atom. The average Bonchev–Trinajstić information content (AvgIpc) is 1.78. The van der Waals surface area contributed by atoms with Crippen LogP contribution in [0.5, 0.6) is 5.75 Å². The van der Waals surface area contributed by atoms with E-state index in [1.165, 1.54) is 29.2 Å². The number of unbranched alkanes of at least 4 members (excludes halogenated alkanes) is 1. The Hall–Kier alpha value is -8.43. The minimum Gasteiger partial charge on any atom is -0.508 e. The van der Waals surface area contributed by atoms with Crippen LogP contribution < -0.4 is 65.5 Å². The summed E-state index contributed by atoms with van der Waals surface area (Å²) in [6.07, 6.45) is -0.475. The Morgan fingerprint density at radius 3 is 1.49 bits per heavy atom. The van der Waals surface area contributed by atoms with Crippen LogP contribution in [0.1, 0.15) is 77.2 Å². The lowest BCUT2D eigenvalue weighted by molar-refractivity contribution is -0.142. The normalized spacial score (nSPS) is 17.6. The summed E-state index contributed by atoms with van der Waals surface area (Å²) in [4.78, 5) is 205. The van der Waals surface area contributed by atoms with Crippen LogP contribution in [0.3, 0.4) is 0 Å². The molecule has 0 radical (unpaired) electrons. The number of carbonyl (C=O) groups excluding carboxylic acids is 12. The maximum absolute atomic E-state index is 14.6. The van der Waals surface area contributed by atoms with Crippen LogP contribution in [0.25, 0.3) is 0 Å². The lowest BCUT2D eigenvalue weighted by atomic mass is 9.96. The van der Waals surface area contributed by atoms with Crippen molar-refractivity contribution in [3.05, 3.63) is 29.8 Å². The molecule has 36 nitrogen and oxygen atoms in total. The van der Waals surface area contributed by atoms with Crippen molar-refractivity contribution in [2.75, 3.05) is 110 Å². The van der Waals surface area contributed by atoms with E-state index in [9.17, 15) is 92.3 Å². The van der Waals surface area contributed by atoms with Crippen LogP contribution in [0, 0.1) is 5.92 Å². The number of aromatic hydroxyl groups is 1. The number of nitrogens with two attached hydrogens (primary N) is 4. The number of nitrogens with one attached hydrogen (secondary N) is 8. The maximum atomic E-state index is 14.6. The second-order valence-corrected chi connectivity index (χ2v) is 24.4. The molecule has 20 N–H and O–H groups in total. The number of carbonyl (C=O) groups is 15. The van der Waals surface area contributed by atoms with Gasteiger partial charge in [0.2, 0.25) is 70.9 Å². The zero-order valence-electron chi connectivity index (χ0n) is 54.4. The fourth-order valence-corrected chi connectivity index (χ4v) is 11.0. The van der Waals surface area contributed by atoms with Gasteiger partial charge in [0.15, 0.2) is 0 Å². The van der Waals surface area contributed by atoms with E-state index >= 15 is 0 Å². The molecule has 97 heavy (non-hydrogen) atoms. The van der Waals surface area contributed by atoms with E-state index in [-0.39, 0.29) is 108 Å². The van der Waals surface area contributed by atoms with E-state index in [4.69, 9.17) is 22.9 Å². The van der Waals surface area contributed by atoms with E-state index in [1.54, 1.807) is 33.4 Å². The van der Waals surface area contributed by atoms with Crippen LogP contribution in [0.2, 0.25) is 0 Å². The second kappa shape index (κ2) is 43.0. The van der Waals surface area contributed by atoms with Gasteiger partial charge in [0, 0.05) is 83.3 Å². The number of phenols is 1. The van der Waals surface area contributed by atoms with Crippen molar-refractivity contribution in [2.24, 2.45) is 28.9 Å². The van der Waals surface area contributed by atoms with Crippen LogP contribution >= 0.6 is 25.3 Å². The topological polar surface area (TPSA) is 553 Å². The van der Waals surface area contributed by atoms with Crippen molar-refractivity contribution < 1.29 is 92.3 Å². The molecule has 38 heteroatoms. The molecule has 12 amide bonds. The van der Waals surface area contributed by atoms with Crippen molar-refractivity contribution in [1.82, 2.24) is 67.0 Å². The number of carboxylic acid groups (broad SMARTS) is 3. The largest absolute Gasteiger partial charge is 0.508 e. The van der Waals surface area contributed by atoms with E-state index in [2.05, 4.69) is 67.8 Å². The van der Waals surface area contributed by atoms with E-state index in [0.29, 0.717) is 31.4 Å². The Kier molecular flexibility index (Phi) is 36.7. The first-order chi connectivity index (χ1) is 45.9. The van der Waals surface area contributed by atoms with Gasteiger partial charge >= 0.3 is 17.9 Å². The molecule has 0 aliphatic carbocycles. The second-order valence-electron chi connectivity index (χ2n) is 23.7. The summed E-state index contributed by atoms with van der Waals surface area (Å²) in [7, 11) is 0. The van der Waals surface area contributed by atoms with E-state index < -0.39 is 188 Å². The third-order valence-corrected chi connectivity index (χ3v) is 16.7. The minimum absolute atomic E-state index is 0.0258. The Labute approximate surface area is 571 Å². The molecule has 0 aromatic heterocycles. The SMILES string of the molecule is CC[C@H](C)[C@H](NC(=O)[C@H](Cc1ccc(O)cc1)NC(=O)[C@H](CS)NC(=O)CN1CCN(CC(=O)O)CCN(CC(=O)O)CCN(CC(=O)O)CC1)C(=O)N[C@@H](CCC(N)=O)C(=O)N[C@@H](CC(N)=O)C(=O)N[C@@H](CS)C(=O)N1CCC[C@H]1C(=O)N[C@@H](CCCCN)C(=O)NCC(N)=O. The molecule has 2 aliphatic heterocycles. The molecule has 2 fully saturated rings. The molecule has 2 aliphatic rings. The number of hydrogen-bond acceptors (Lipinski definition) is 23. The van der Waals surface area contributed by atoms with E-state index in [0.717, 1.165) is 0 Å². The van der Waals surface area contributed by atoms with Gasteiger partial charge in [0.05, 0.1) is 39.1 Å². The van der Waals surface area contributed by atoms with Crippen LogP contribution in [0.4, 0.5) is 0 Å². The number of carboxylic acids is 3. The standard InChI is InChI=1S/C59H95N17O19S2/c1-3-34(2)51(58(94)67-38(13-14-44(61)78)53(89)69-40(26-45(62)79)54(90)70-42(33-97)59(95)76-16-6-8-43(76)57(93)66-37(7-4-5-15-60)52(88)64-27-46(63)80)71-55(91)39(25-35-9-11-36(77)12-10-35)68-56(92)41(32-96)65-47(81)28-72-17-19-73(29-48(82)83)21-23-75(31-50(86)87)24-22-74(20-18-72)30-49(84)85/h9-12,34,37-43,51,77,96-97H,3-8,13-33,60H2,1-2H3,(H2,61,78)(H2,62,79)(H2,63,80)(H,64,88)(H,65,81)(H,66,93)(H,67,94)(H,68,92)(H,69,89)(H,70,90)(H,71,91)(H,82,83)(H,84,85)(H,86,87)/t34-,37-,38-,39-,40-,41-,42-,43-,51-/m0/s1. The molecule has 1 aromatic carbocycles. The molecule has 9 atom stereocenters. The highest BCUT2D eigenvalue weighted by Crippen LogP contribution is 2.21. The van der Waals surface area contributed by atoms with Crippen molar-refractivity contribution in [3.8, 4) is 5.75 Å². The van der Waals surface area contributed by atoms with Gasteiger partial charge in [0.25, 0.3) is 0 Å². The van der Waals surface area contributed by atoms with Crippen LogP contribution in [-0.4, -0.2) is 292 Å². The monoisotopic (exact) mass is 1410 g/mol. The summed E-state index contributed by atoms with van der Waals surface area (Å²) in [6.45, 7) is 2.27. The van der Waals surface area contributed by atoms with Crippen LogP contribution in [-0.2, 0) is 78.3 Å².